The van der Waals surface area contributed by atoms with Crippen molar-refractivity contribution >= 4 is 64.8 Å². The van der Waals surface area contributed by atoms with E-state index in [1.807, 2.05) is 24.3 Å². The van der Waals surface area contributed by atoms with Crippen LogP contribution in [-0.2, 0) is 0 Å². The Labute approximate surface area is 281 Å². The molecule has 7 aromatic carbocycles. The normalized spacial score (nSPS) is 11.8. The second-order valence-corrected chi connectivity index (χ2v) is 13.2. The van der Waals surface area contributed by atoms with Crippen LogP contribution in [0.1, 0.15) is 0 Å². The minimum Gasteiger partial charge on any atom is -0.309 e. The molecule has 0 N–H and O–H groups in total. The summed E-state index contributed by atoms with van der Waals surface area (Å²) in [6.45, 7) is 0. The average molecular weight is 630 g/mol. The molecule has 0 aliphatic heterocycles. The zero-order chi connectivity index (χ0) is 31.6. The number of hydrogen-bond donors (Lipinski definition) is 0. The molecule has 3 heterocycles. The van der Waals surface area contributed by atoms with Crippen LogP contribution in [0.3, 0.4) is 0 Å². The Balaban J connectivity index is 1.22. The Kier molecular flexibility index (Phi) is 6.05. The van der Waals surface area contributed by atoms with Gasteiger partial charge < -0.3 is 4.57 Å². The van der Waals surface area contributed by atoms with Gasteiger partial charge in [0.15, 0.2) is 5.82 Å². The number of rotatable bonds is 4. The van der Waals surface area contributed by atoms with Gasteiger partial charge >= 0.3 is 0 Å². The van der Waals surface area contributed by atoms with Crippen molar-refractivity contribution in [1.82, 2.24) is 14.5 Å². The summed E-state index contributed by atoms with van der Waals surface area (Å²) < 4.78 is 3.76. The summed E-state index contributed by atoms with van der Waals surface area (Å²) in [6.07, 6.45) is 0. The number of benzene rings is 7. The van der Waals surface area contributed by atoms with E-state index in [9.17, 15) is 0 Å². The lowest BCUT2D eigenvalue weighted by molar-refractivity contribution is 1.17. The van der Waals surface area contributed by atoms with Gasteiger partial charge in [0.25, 0.3) is 0 Å². The minimum absolute atomic E-state index is 0.719. The Morgan fingerprint density at radius 1 is 0.458 bits per heavy atom. The monoisotopic (exact) mass is 629 g/mol. The number of hydrogen-bond acceptors (Lipinski definition) is 3. The topological polar surface area (TPSA) is 30.7 Å². The maximum Gasteiger partial charge on any atom is 0.160 e. The molecular weight excluding hydrogens is 603 g/mol. The highest BCUT2D eigenvalue weighted by Gasteiger charge is 2.20. The molecule has 0 radical (unpaired) electrons. The summed E-state index contributed by atoms with van der Waals surface area (Å²) in [5.41, 5.74) is 8.50. The van der Waals surface area contributed by atoms with E-state index in [-0.39, 0.29) is 0 Å². The first kappa shape index (κ1) is 27.1. The molecule has 10 rings (SSSR count). The molecule has 0 aliphatic carbocycles. The van der Waals surface area contributed by atoms with Gasteiger partial charge in [0.1, 0.15) is 0 Å². The highest BCUT2D eigenvalue weighted by Crippen LogP contribution is 2.44. The smallest absolute Gasteiger partial charge is 0.160 e. The highest BCUT2D eigenvalue weighted by atomic mass is 32.1. The molecule has 224 valence electrons. The lowest BCUT2D eigenvalue weighted by atomic mass is 9.96. The van der Waals surface area contributed by atoms with E-state index in [1.54, 1.807) is 11.3 Å². The molecule has 0 amide bonds. The van der Waals surface area contributed by atoms with Crippen molar-refractivity contribution in [2.45, 2.75) is 0 Å². The predicted molar refractivity (Wildman–Crippen MR) is 203 cm³/mol. The second-order valence-electron chi connectivity index (χ2n) is 12.2. The standard InChI is InChI=1S/C44H27N3S/c1-3-11-28(12-4-1)38-26-39(46-44(45-38)30-13-5-2-6-14-30)29-19-21-32(22-20-29)47-40-27-41-31(23-24-48-41)25-37(40)42-35-17-9-7-15-33(35)34-16-8-10-18-36(34)43(42)47/h1-27H. The number of fused-ring (bicyclic) bond motifs is 9. The van der Waals surface area contributed by atoms with E-state index < -0.39 is 0 Å². The van der Waals surface area contributed by atoms with E-state index >= 15 is 0 Å². The van der Waals surface area contributed by atoms with Gasteiger partial charge in [-0.2, -0.15) is 0 Å². The summed E-state index contributed by atoms with van der Waals surface area (Å²) in [7, 11) is 0. The van der Waals surface area contributed by atoms with E-state index in [2.05, 4.69) is 143 Å². The highest BCUT2D eigenvalue weighted by molar-refractivity contribution is 7.17. The van der Waals surface area contributed by atoms with Crippen LogP contribution in [-0.4, -0.2) is 14.5 Å². The molecular formula is C44H27N3S. The predicted octanol–water partition coefficient (Wildman–Crippen LogP) is 12.1. The van der Waals surface area contributed by atoms with Crippen LogP contribution in [0.4, 0.5) is 0 Å². The fourth-order valence-electron chi connectivity index (χ4n) is 7.25. The van der Waals surface area contributed by atoms with Crippen molar-refractivity contribution in [3.8, 4) is 39.6 Å². The Hall–Kier alpha value is -6.10. The van der Waals surface area contributed by atoms with Crippen LogP contribution in [0, 0.1) is 0 Å². The first-order chi connectivity index (χ1) is 23.8. The van der Waals surface area contributed by atoms with Gasteiger partial charge in [-0.15, -0.1) is 11.3 Å². The first-order valence-electron chi connectivity index (χ1n) is 16.2. The fraction of sp³-hybridized carbons (Fsp3) is 0. The summed E-state index contributed by atoms with van der Waals surface area (Å²) >= 11 is 1.79. The summed E-state index contributed by atoms with van der Waals surface area (Å²) in [4.78, 5) is 10.1. The fourth-order valence-corrected chi connectivity index (χ4v) is 8.05. The van der Waals surface area contributed by atoms with E-state index in [4.69, 9.17) is 9.97 Å². The summed E-state index contributed by atoms with van der Waals surface area (Å²) in [5.74, 6) is 0.719. The molecule has 48 heavy (non-hydrogen) atoms. The number of aromatic nitrogens is 3. The van der Waals surface area contributed by atoms with Crippen molar-refractivity contribution in [2.75, 3.05) is 0 Å². The quantitative estimate of drug-likeness (QED) is 0.181. The summed E-state index contributed by atoms with van der Waals surface area (Å²) in [5, 5.41) is 11.1. The van der Waals surface area contributed by atoms with Crippen molar-refractivity contribution in [3.05, 3.63) is 163 Å². The van der Waals surface area contributed by atoms with E-state index in [0.717, 1.165) is 39.6 Å². The third-order valence-electron chi connectivity index (χ3n) is 9.46. The third kappa shape index (κ3) is 4.20. The molecule has 0 unspecified atom stereocenters. The van der Waals surface area contributed by atoms with Crippen molar-refractivity contribution in [3.63, 3.8) is 0 Å². The number of thiophene rings is 1. The van der Waals surface area contributed by atoms with Gasteiger partial charge in [0.05, 0.1) is 22.4 Å². The van der Waals surface area contributed by atoms with Crippen LogP contribution in [0.25, 0.3) is 93.0 Å². The maximum atomic E-state index is 5.08. The van der Waals surface area contributed by atoms with Crippen molar-refractivity contribution < 1.29 is 0 Å². The third-order valence-corrected chi connectivity index (χ3v) is 10.3. The molecule has 0 atom stereocenters. The molecule has 0 bridgehead atoms. The molecule has 0 spiro atoms. The average Bonchev–Trinajstić information content (AvgIpc) is 3.77. The molecule has 0 saturated carbocycles. The van der Waals surface area contributed by atoms with Gasteiger partial charge in [0, 0.05) is 43.2 Å². The van der Waals surface area contributed by atoms with Gasteiger partial charge in [-0.3, -0.25) is 0 Å². The zero-order valence-electron chi connectivity index (χ0n) is 25.8. The van der Waals surface area contributed by atoms with Gasteiger partial charge in [-0.25, -0.2) is 9.97 Å². The Bertz CT molecular complexity index is 2760. The van der Waals surface area contributed by atoms with Crippen molar-refractivity contribution in [2.24, 2.45) is 0 Å². The van der Waals surface area contributed by atoms with E-state index in [0.29, 0.717) is 0 Å². The van der Waals surface area contributed by atoms with Crippen LogP contribution in [0.2, 0.25) is 0 Å². The lowest BCUT2D eigenvalue weighted by Crippen LogP contribution is -1.97. The Morgan fingerprint density at radius 3 is 1.75 bits per heavy atom. The molecule has 4 heteroatoms. The number of nitrogens with zero attached hydrogens (tertiary/aromatic N) is 3. The van der Waals surface area contributed by atoms with Crippen LogP contribution in [0.5, 0.6) is 0 Å². The lowest BCUT2D eigenvalue weighted by Gasteiger charge is -2.13. The molecule has 0 fully saturated rings. The van der Waals surface area contributed by atoms with Gasteiger partial charge in [0.2, 0.25) is 0 Å². The van der Waals surface area contributed by atoms with Crippen LogP contribution >= 0.6 is 11.3 Å². The van der Waals surface area contributed by atoms with Gasteiger partial charge in [-0.1, -0.05) is 121 Å². The van der Waals surface area contributed by atoms with Crippen molar-refractivity contribution in [1.29, 1.82) is 0 Å². The summed E-state index contributed by atoms with van der Waals surface area (Å²) in [6, 6.07) is 56.2. The molecule has 0 saturated heterocycles. The molecule has 10 aromatic rings. The maximum absolute atomic E-state index is 5.08. The van der Waals surface area contributed by atoms with Crippen LogP contribution < -0.4 is 0 Å². The second kappa shape index (κ2) is 10.7. The largest absolute Gasteiger partial charge is 0.309 e. The Morgan fingerprint density at radius 2 is 1.04 bits per heavy atom. The minimum atomic E-state index is 0.719. The van der Waals surface area contributed by atoms with E-state index in [1.165, 1.54) is 53.4 Å². The first-order valence-corrected chi connectivity index (χ1v) is 17.0. The molecule has 3 nitrogen and oxygen atoms in total. The molecule has 3 aromatic heterocycles. The SMILES string of the molecule is c1ccc(-c2cc(-c3ccc(-n4c5cc6sccc6cc5c5c6ccccc6c6ccccc6c54)cc3)nc(-c3ccccc3)n2)cc1. The van der Waals surface area contributed by atoms with Crippen LogP contribution in [0.15, 0.2) is 163 Å². The van der Waals surface area contributed by atoms with Gasteiger partial charge in [-0.05, 0) is 63.3 Å². The molecule has 0 aliphatic rings. The zero-order valence-corrected chi connectivity index (χ0v) is 26.7.